The summed E-state index contributed by atoms with van der Waals surface area (Å²) in [6.07, 6.45) is 0.832. The third-order valence-corrected chi connectivity index (χ3v) is 3.10. The largest absolute Gasteiger partial charge is 0.480 e. The molecule has 0 radical (unpaired) electrons. The molecular weight excluding hydrogens is 300 g/mol. The number of hydrogen-bond donors (Lipinski definition) is 1. The summed E-state index contributed by atoms with van der Waals surface area (Å²) < 4.78 is 0.959. The number of hydrogen-bond acceptors (Lipinski definition) is 3. The van der Waals surface area contributed by atoms with Crippen molar-refractivity contribution in [2.24, 2.45) is 5.10 Å². The summed E-state index contributed by atoms with van der Waals surface area (Å²) in [5, 5.41) is 13.8. The number of rotatable bonds is 3. The number of benzene rings is 1. The molecule has 0 saturated heterocycles. The van der Waals surface area contributed by atoms with E-state index < -0.39 is 12.5 Å². The van der Waals surface area contributed by atoms with Crippen molar-refractivity contribution in [3.8, 4) is 0 Å². The van der Waals surface area contributed by atoms with Gasteiger partial charge in [0.25, 0.3) is 0 Å². The average molecular weight is 311 g/mol. The monoisotopic (exact) mass is 310 g/mol. The van der Waals surface area contributed by atoms with Gasteiger partial charge in [0, 0.05) is 17.3 Å². The van der Waals surface area contributed by atoms with Crippen molar-refractivity contribution in [1.29, 1.82) is 0 Å². The van der Waals surface area contributed by atoms with E-state index in [0.717, 1.165) is 20.8 Å². The quantitative estimate of drug-likeness (QED) is 0.926. The van der Waals surface area contributed by atoms with Crippen LogP contribution < -0.4 is 0 Å². The van der Waals surface area contributed by atoms with Gasteiger partial charge in [-0.2, -0.15) is 5.10 Å². The number of hydrazone groups is 1. The summed E-state index contributed by atoms with van der Waals surface area (Å²) in [5.41, 5.74) is 1.64. The van der Waals surface area contributed by atoms with E-state index in [9.17, 15) is 9.59 Å². The van der Waals surface area contributed by atoms with Gasteiger partial charge in [-0.15, -0.1) is 0 Å². The summed E-state index contributed by atoms with van der Waals surface area (Å²) in [5.74, 6) is -1.32. The molecule has 1 aliphatic rings. The van der Waals surface area contributed by atoms with Crippen molar-refractivity contribution in [3.63, 3.8) is 0 Å². The second-order valence-electron chi connectivity index (χ2n) is 3.90. The predicted octanol–water partition coefficient (Wildman–Crippen LogP) is 1.86. The van der Waals surface area contributed by atoms with E-state index in [1.165, 1.54) is 0 Å². The Balaban J connectivity index is 2.25. The van der Waals surface area contributed by atoms with Gasteiger partial charge in [0.2, 0.25) is 5.91 Å². The molecule has 2 rings (SSSR count). The first-order valence-corrected chi connectivity index (χ1v) is 6.21. The van der Waals surface area contributed by atoms with Gasteiger partial charge in [-0.05, 0) is 17.7 Å². The predicted molar refractivity (Wildman–Crippen MR) is 69.3 cm³/mol. The fourth-order valence-corrected chi connectivity index (χ4v) is 1.97. The minimum absolute atomic E-state index is 0.252. The van der Waals surface area contributed by atoms with Crippen molar-refractivity contribution >= 4 is 33.5 Å². The zero-order valence-electron chi connectivity index (χ0n) is 9.47. The fourth-order valence-electron chi connectivity index (χ4n) is 1.70. The number of carbonyl (C=O) groups is 2. The van der Waals surface area contributed by atoms with Crippen LogP contribution in [-0.4, -0.2) is 34.2 Å². The van der Waals surface area contributed by atoms with Gasteiger partial charge in [0.15, 0.2) is 0 Å². The molecule has 1 aromatic carbocycles. The van der Waals surface area contributed by atoms with E-state index in [0.29, 0.717) is 12.8 Å². The molecule has 18 heavy (non-hydrogen) atoms. The first-order chi connectivity index (χ1) is 8.56. The number of aliphatic carboxylic acids is 1. The first kappa shape index (κ1) is 12.8. The normalized spacial score (nSPS) is 15.5. The maximum atomic E-state index is 11.5. The summed E-state index contributed by atoms with van der Waals surface area (Å²) in [4.78, 5) is 22.1. The Morgan fingerprint density at radius 1 is 1.33 bits per heavy atom. The second kappa shape index (κ2) is 5.30. The molecule has 94 valence electrons. The Kier molecular flexibility index (Phi) is 3.76. The van der Waals surface area contributed by atoms with Crippen LogP contribution in [0.15, 0.2) is 33.8 Å². The van der Waals surface area contributed by atoms with E-state index in [2.05, 4.69) is 21.0 Å². The summed E-state index contributed by atoms with van der Waals surface area (Å²) in [6.45, 7) is -0.390. The Morgan fingerprint density at radius 3 is 2.61 bits per heavy atom. The average Bonchev–Trinajstić information content (AvgIpc) is 2.32. The molecule has 1 N–H and O–H groups in total. The number of nitrogens with zero attached hydrogens (tertiary/aromatic N) is 2. The topological polar surface area (TPSA) is 70.0 Å². The zero-order valence-corrected chi connectivity index (χ0v) is 11.1. The van der Waals surface area contributed by atoms with E-state index in [-0.39, 0.29) is 5.91 Å². The molecule has 1 heterocycles. The van der Waals surface area contributed by atoms with Gasteiger partial charge < -0.3 is 5.11 Å². The maximum absolute atomic E-state index is 11.5. The lowest BCUT2D eigenvalue weighted by molar-refractivity contribution is -0.144. The van der Waals surface area contributed by atoms with Gasteiger partial charge in [0.05, 0.1) is 5.71 Å². The standard InChI is InChI=1S/C12H11BrN2O3/c13-9-3-1-8(2-4-9)10-5-6-11(16)15(14-10)7-12(17)18/h1-4H,5-7H2,(H,17,18). The third kappa shape index (κ3) is 2.95. The van der Waals surface area contributed by atoms with Crippen molar-refractivity contribution in [3.05, 3.63) is 34.3 Å². The summed E-state index contributed by atoms with van der Waals surface area (Å²) >= 11 is 3.34. The lowest BCUT2D eigenvalue weighted by Gasteiger charge is -2.22. The van der Waals surface area contributed by atoms with Crippen molar-refractivity contribution in [2.75, 3.05) is 6.54 Å². The molecule has 0 atom stereocenters. The Bertz CT molecular complexity index is 511. The highest BCUT2D eigenvalue weighted by Gasteiger charge is 2.22. The number of halogens is 1. The maximum Gasteiger partial charge on any atom is 0.325 e. The van der Waals surface area contributed by atoms with Gasteiger partial charge in [0.1, 0.15) is 6.54 Å². The number of amides is 1. The SMILES string of the molecule is O=C(O)CN1N=C(c2ccc(Br)cc2)CCC1=O. The third-order valence-electron chi connectivity index (χ3n) is 2.57. The lowest BCUT2D eigenvalue weighted by Crippen LogP contribution is -2.35. The number of carboxylic acids is 1. The fraction of sp³-hybridized carbons (Fsp3) is 0.250. The Labute approximate surface area is 112 Å². The highest BCUT2D eigenvalue weighted by atomic mass is 79.9. The molecule has 0 spiro atoms. The van der Waals surface area contributed by atoms with Gasteiger partial charge in [-0.1, -0.05) is 28.1 Å². The van der Waals surface area contributed by atoms with Crippen LogP contribution in [0.4, 0.5) is 0 Å². The molecule has 0 fully saturated rings. The molecule has 1 aliphatic heterocycles. The minimum atomic E-state index is -1.07. The molecule has 1 aromatic rings. The molecule has 0 saturated carbocycles. The van der Waals surface area contributed by atoms with Crippen molar-refractivity contribution in [2.45, 2.75) is 12.8 Å². The van der Waals surface area contributed by atoms with Crippen LogP contribution in [0.5, 0.6) is 0 Å². The molecule has 6 heteroatoms. The number of carbonyl (C=O) groups excluding carboxylic acids is 1. The van der Waals surface area contributed by atoms with Crippen LogP contribution in [-0.2, 0) is 9.59 Å². The smallest absolute Gasteiger partial charge is 0.325 e. The van der Waals surface area contributed by atoms with Crippen LogP contribution in [0.1, 0.15) is 18.4 Å². The van der Waals surface area contributed by atoms with Crippen molar-refractivity contribution in [1.82, 2.24) is 5.01 Å². The molecule has 5 nitrogen and oxygen atoms in total. The van der Waals surface area contributed by atoms with Gasteiger partial charge in [-0.3, -0.25) is 9.59 Å². The van der Waals surface area contributed by atoms with Crippen molar-refractivity contribution < 1.29 is 14.7 Å². The number of carboxylic acid groups (broad SMARTS) is 1. The molecule has 1 amide bonds. The minimum Gasteiger partial charge on any atom is -0.480 e. The highest BCUT2D eigenvalue weighted by Crippen LogP contribution is 2.17. The van der Waals surface area contributed by atoms with Crippen LogP contribution >= 0.6 is 15.9 Å². The van der Waals surface area contributed by atoms with E-state index in [1.807, 2.05) is 24.3 Å². The molecule has 0 unspecified atom stereocenters. The molecule has 0 aromatic heterocycles. The summed E-state index contributed by atoms with van der Waals surface area (Å²) in [7, 11) is 0. The summed E-state index contributed by atoms with van der Waals surface area (Å²) in [6, 6.07) is 7.54. The first-order valence-electron chi connectivity index (χ1n) is 5.42. The van der Waals surface area contributed by atoms with Gasteiger partial charge >= 0.3 is 5.97 Å². The molecule has 0 bridgehead atoms. The Hall–Kier alpha value is -1.69. The van der Waals surface area contributed by atoms with E-state index in [1.54, 1.807) is 0 Å². The Morgan fingerprint density at radius 2 is 2.00 bits per heavy atom. The van der Waals surface area contributed by atoms with Crippen LogP contribution in [0.25, 0.3) is 0 Å². The molecular formula is C12H11BrN2O3. The highest BCUT2D eigenvalue weighted by molar-refractivity contribution is 9.10. The van der Waals surface area contributed by atoms with E-state index in [4.69, 9.17) is 5.11 Å². The van der Waals surface area contributed by atoms with Crippen LogP contribution in [0.2, 0.25) is 0 Å². The van der Waals surface area contributed by atoms with Crippen LogP contribution in [0.3, 0.4) is 0 Å². The lowest BCUT2D eigenvalue weighted by atomic mass is 10.0. The zero-order chi connectivity index (χ0) is 13.1. The molecule has 0 aliphatic carbocycles. The van der Waals surface area contributed by atoms with Gasteiger partial charge in [-0.25, -0.2) is 5.01 Å². The second-order valence-corrected chi connectivity index (χ2v) is 4.81. The van der Waals surface area contributed by atoms with Crippen LogP contribution in [0, 0.1) is 0 Å². The van der Waals surface area contributed by atoms with E-state index >= 15 is 0 Å².